The fourth-order valence-corrected chi connectivity index (χ4v) is 2.87. The largest absolute Gasteiger partial charge is 0.339 e. The summed E-state index contributed by atoms with van der Waals surface area (Å²) in [7, 11) is 0. The molecule has 0 saturated carbocycles. The molecule has 0 bridgehead atoms. The molecular weight excluding hydrogens is 340 g/mol. The third-order valence-electron chi connectivity index (χ3n) is 4.53. The first kappa shape index (κ1) is 16.5. The van der Waals surface area contributed by atoms with Gasteiger partial charge in [-0.1, -0.05) is 12.1 Å². The Morgan fingerprint density at radius 3 is 2.63 bits per heavy atom. The monoisotopic (exact) mass is 356 g/mol. The summed E-state index contributed by atoms with van der Waals surface area (Å²) in [5, 5.41) is 19.4. The molecule has 0 saturated heterocycles. The number of hydrogen-bond donors (Lipinski definition) is 3. The van der Waals surface area contributed by atoms with Crippen molar-refractivity contribution in [2.24, 2.45) is 0 Å². The highest BCUT2D eigenvalue weighted by Crippen LogP contribution is 2.25. The first-order valence-electron chi connectivity index (χ1n) is 8.37. The van der Waals surface area contributed by atoms with Gasteiger partial charge in [0.2, 0.25) is 0 Å². The van der Waals surface area contributed by atoms with Crippen molar-refractivity contribution in [3.8, 4) is 17.3 Å². The van der Waals surface area contributed by atoms with E-state index in [4.69, 9.17) is 5.26 Å². The fraction of sp³-hybridized carbons (Fsp3) is 0.100. The molecule has 0 aliphatic heterocycles. The van der Waals surface area contributed by atoms with Crippen LogP contribution in [0.3, 0.4) is 0 Å². The summed E-state index contributed by atoms with van der Waals surface area (Å²) >= 11 is 0. The second-order valence-electron chi connectivity index (χ2n) is 6.30. The Hall–Kier alpha value is -3.92. The number of aromatic nitrogens is 4. The van der Waals surface area contributed by atoms with E-state index in [0.29, 0.717) is 16.9 Å². The molecule has 7 nitrogen and oxygen atoms in total. The zero-order valence-corrected chi connectivity index (χ0v) is 14.8. The zero-order valence-electron chi connectivity index (χ0n) is 14.8. The van der Waals surface area contributed by atoms with Gasteiger partial charge in [0.05, 0.1) is 29.2 Å². The van der Waals surface area contributed by atoms with Gasteiger partial charge in [-0.25, -0.2) is 4.98 Å². The Morgan fingerprint density at radius 1 is 1.19 bits per heavy atom. The Bertz CT molecular complexity index is 1190. The highest BCUT2D eigenvalue weighted by Gasteiger charge is 2.14. The number of H-pyrrole nitrogens is 2. The topological polar surface area (TPSA) is 110 Å². The quantitative estimate of drug-likeness (QED) is 0.520. The lowest BCUT2D eigenvalue weighted by molar-refractivity contribution is 0.102. The Morgan fingerprint density at radius 2 is 1.96 bits per heavy atom. The van der Waals surface area contributed by atoms with Crippen molar-refractivity contribution in [1.29, 1.82) is 5.26 Å². The van der Waals surface area contributed by atoms with Crippen LogP contribution in [0, 0.1) is 25.2 Å². The number of aryl methyl sites for hydroxylation is 1. The van der Waals surface area contributed by atoms with Crippen molar-refractivity contribution in [2.45, 2.75) is 13.8 Å². The summed E-state index contributed by atoms with van der Waals surface area (Å²) in [4.78, 5) is 20.1. The molecule has 3 N–H and O–H groups in total. The molecule has 0 atom stereocenters. The Labute approximate surface area is 155 Å². The maximum Gasteiger partial charge on any atom is 0.273 e. The number of nitriles is 1. The van der Waals surface area contributed by atoms with Crippen LogP contribution in [0.4, 0.5) is 5.69 Å². The molecule has 0 fully saturated rings. The van der Waals surface area contributed by atoms with Crippen molar-refractivity contribution < 1.29 is 4.79 Å². The minimum atomic E-state index is -0.253. The molecule has 132 valence electrons. The molecule has 0 aliphatic carbocycles. The van der Waals surface area contributed by atoms with E-state index in [1.165, 1.54) is 0 Å². The summed E-state index contributed by atoms with van der Waals surface area (Å²) in [6.07, 6.45) is 1.61. The third kappa shape index (κ3) is 3.04. The predicted molar refractivity (Wildman–Crippen MR) is 102 cm³/mol. The number of fused-ring (bicyclic) bond motifs is 1. The third-order valence-corrected chi connectivity index (χ3v) is 4.53. The van der Waals surface area contributed by atoms with Gasteiger partial charge in [0.1, 0.15) is 11.3 Å². The molecule has 3 heterocycles. The highest BCUT2D eigenvalue weighted by molar-refractivity contribution is 6.04. The number of aromatic amines is 2. The maximum absolute atomic E-state index is 12.4. The lowest BCUT2D eigenvalue weighted by Gasteiger charge is -2.04. The minimum Gasteiger partial charge on any atom is -0.339 e. The van der Waals surface area contributed by atoms with Crippen LogP contribution >= 0.6 is 0 Å². The number of rotatable bonds is 3. The second-order valence-corrected chi connectivity index (χ2v) is 6.30. The van der Waals surface area contributed by atoms with E-state index in [9.17, 15) is 4.79 Å². The molecule has 0 spiro atoms. The van der Waals surface area contributed by atoms with E-state index in [1.807, 2.05) is 38.1 Å². The standard InChI is InChI=1S/C20H16N6O/c1-11-12(2)25-26-18(11)20(27)23-16-7-15-8-17(24-19(15)22-10-16)14-5-3-13(9-21)4-6-14/h3-8,10H,1-2H3,(H,22,24)(H,23,27)(H,25,26). The number of nitrogens with one attached hydrogen (secondary N) is 3. The van der Waals surface area contributed by atoms with Crippen LogP contribution in [0.1, 0.15) is 27.3 Å². The summed E-state index contributed by atoms with van der Waals surface area (Å²) < 4.78 is 0. The zero-order chi connectivity index (χ0) is 19.0. The number of carbonyl (C=O) groups excluding carboxylic acids is 1. The lowest BCUT2D eigenvalue weighted by atomic mass is 10.1. The van der Waals surface area contributed by atoms with Crippen LogP contribution in [0.2, 0.25) is 0 Å². The van der Waals surface area contributed by atoms with Crippen LogP contribution in [-0.4, -0.2) is 26.1 Å². The summed E-state index contributed by atoms with van der Waals surface area (Å²) in [6.45, 7) is 3.70. The van der Waals surface area contributed by atoms with Crippen LogP contribution < -0.4 is 5.32 Å². The van der Waals surface area contributed by atoms with Crippen LogP contribution in [-0.2, 0) is 0 Å². The molecule has 0 unspecified atom stereocenters. The number of hydrogen-bond acceptors (Lipinski definition) is 4. The van der Waals surface area contributed by atoms with Gasteiger partial charge in [-0.05, 0) is 43.7 Å². The molecule has 1 aromatic carbocycles. The molecule has 0 aliphatic rings. The van der Waals surface area contributed by atoms with E-state index in [0.717, 1.165) is 33.5 Å². The Balaban J connectivity index is 1.61. The summed E-state index contributed by atoms with van der Waals surface area (Å²) in [6, 6.07) is 13.2. The van der Waals surface area contributed by atoms with Crippen molar-refractivity contribution in [1.82, 2.24) is 20.2 Å². The Kier molecular flexibility index (Phi) is 3.94. The smallest absolute Gasteiger partial charge is 0.273 e. The normalized spacial score (nSPS) is 10.7. The second kappa shape index (κ2) is 6.42. The SMILES string of the molecule is Cc1n[nH]c(C(=O)Nc2cnc3[nH]c(-c4ccc(C#N)cc4)cc3c2)c1C. The molecular formula is C20H16N6O. The number of amides is 1. The average molecular weight is 356 g/mol. The van der Waals surface area contributed by atoms with Gasteiger partial charge in [0.25, 0.3) is 5.91 Å². The van der Waals surface area contributed by atoms with Crippen LogP contribution in [0.5, 0.6) is 0 Å². The van der Waals surface area contributed by atoms with Gasteiger partial charge in [-0.2, -0.15) is 10.4 Å². The van der Waals surface area contributed by atoms with Crippen molar-refractivity contribution >= 4 is 22.6 Å². The summed E-state index contributed by atoms with van der Waals surface area (Å²) in [5.74, 6) is -0.253. The first-order chi connectivity index (χ1) is 13.0. The molecule has 1 amide bonds. The molecule has 0 radical (unpaired) electrons. The fourth-order valence-electron chi connectivity index (χ4n) is 2.87. The van der Waals surface area contributed by atoms with Crippen molar-refractivity contribution in [3.63, 3.8) is 0 Å². The van der Waals surface area contributed by atoms with Crippen LogP contribution in [0.25, 0.3) is 22.3 Å². The van der Waals surface area contributed by atoms with Crippen LogP contribution in [0.15, 0.2) is 42.6 Å². The number of nitrogens with zero attached hydrogens (tertiary/aromatic N) is 3. The maximum atomic E-state index is 12.4. The van der Waals surface area contributed by atoms with E-state index in [1.54, 1.807) is 18.3 Å². The molecule has 7 heteroatoms. The van der Waals surface area contributed by atoms with Gasteiger partial charge in [-0.15, -0.1) is 0 Å². The van der Waals surface area contributed by atoms with E-state index in [2.05, 4.69) is 31.6 Å². The molecule has 27 heavy (non-hydrogen) atoms. The van der Waals surface area contributed by atoms with Crippen molar-refractivity contribution in [3.05, 3.63) is 65.1 Å². The average Bonchev–Trinajstić information content (AvgIpc) is 3.25. The first-order valence-corrected chi connectivity index (χ1v) is 8.37. The molecule has 3 aromatic heterocycles. The minimum absolute atomic E-state index is 0.253. The van der Waals surface area contributed by atoms with Gasteiger partial charge >= 0.3 is 0 Å². The van der Waals surface area contributed by atoms with Crippen molar-refractivity contribution in [2.75, 3.05) is 5.32 Å². The lowest BCUT2D eigenvalue weighted by Crippen LogP contribution is -2.13. The van der Waals surface area contributed by atoms with Gasteiger partial charge in [0, 0.05) is 16.6 Å². The van der Waals surface area contributed by atoms with Gasteiger partial charge in [-0.3, -0.25) is 9.89 Å². The van der Waals surface area contributed by atoms with E-state index >= 15 is 0 Å². The van der Waals surface area contributed by atoms with E-state index < -0.39 is 0 Å². The number of pyridine rings is 1. The number of benzene rings is 1. The van der Waals surface area contributed by atoms with E-state index in [-0.39, 0.29) is 5.91 Å². The highest BCUT2D eigenvalue weighted by atomic mass is 16.1. The molecule has 4 rings (SSSR count). The summed E-state index contributed by atoms with van der Waals surface area (Å²) in [5.41, 5.74) is 5.86. The van der Waals surface area contributed by atoms with Gasteiger partial charge in [0.15, 0.2) is 0 Å². The van der Waals surface area contributed by atoms with Gasteiger partial charge < -0.3 is 10.3 Å². The molecule has 4 aromatic rings. The number of anilines is 1. The number of carbonyl (C=O) groups is 1. The predicted octanol–water partition coefficient (Wildman–Crippen LogP) is 3.69.